The van der Waals surface area contributed by atoms with E-state index in [4.69, 9.17) is 4.74 Å². The molecule has 0 atom stereocenters. The van der Waals surface area contributed by atoms with Gasteiger partial charge < -0.3 is 4.74 Å². The van der Waals surface area contributed by atoms with Crippen LogP contribution in [0.1, 0.15) is 13.8 Å². The molecule has 1 heterocycles. The lowest BCUT2D eigenvalue weighted by Crippen LogP contribution is -2.50. The molecule has 0 saturated carbocycles. The first-order valence-electron chi connectivity index (χ1n) is 6.50. The SMILES string of the molecule is CC1(C)CN(S(=O)(=O)c2ccc(SC(F)(F)F)cc2)CCO1. The fraction of sp³-hybridized carbons (Fsp3) is 0.538. The molecule has 9 heteroatoms. The smallest absolute Gasteiger partial charge is 0.373 e. The van der Waals surface area contributed by atoms with Crippen molar-refractivity contribution >= 4 is 21.8 Å². The van der Waals surface area contributed by atoms with Gasteiger partial charge in [0, 0.05) is 18.0 Å². The molecule has 22 heavy (non-hydrogen) atoms. The molecule has 2 rings (SSSR count). The summed E-state index contributed by atoms with van der Waals surface area (Å²) in [5.74, 6) is 0. The van der Waals surface area contributed by atoms with Crippen molar-refractivity contribution in [2.75, 3.05) is 19.7 Å². The van der Waals surface area contributed by atoms with E-state index >= 15 is 0 Å². The summed E-state index contributed by atoms with van der Waals surface area (Å²) >= 11 is -0.273. The number of hydrogen-bond acceptors (Lipinski definition) is 4. The van der Waals surface area contributed by atoms with Crippen molar-refractivity contribution in [1.29, 1.82) is 0 Å². The number of thioether (sulfide) groups is 1. The van der Waals surface area contributed by atoms with Crippen molar-refractivity contribution < 1.29 is 26.3 Å². The van der Waals surface area contributed by atoms with Crippen LogP contribution in [0.5, 0.6) is 0 Å². The molecule has 0 spiro atoms. The van der Waals surface area contributed by atoms with E-state index in [2.05, 4.69) is 0 Å². The Bertz CT molecular complexity index is 627. The number of rotatable bonds is 3. The summed E-state index contributed by atoms with van der Waals surface area (Å²) in [7, 11) is -3.73. The van der Waals surface area contributed by atoms with Gasteiger partial charge in [-0.05, 0) is 49.9 Å². The molecule has 0 aliphatic carbocycles. The topological polar surface area (TPSA) is 46.6 Å². The van der Waals surface area contributed by atoms with Crippen molar-refractivity contribution in [2.24, 2.45) is 0 Å². The Kier molecular flexibility index (Phi) is 4.82. The zero-order valence-electron chi connectivity index (χ0n) is 12.1. The summed E-state index contributed by atoms with van der Waals surface area (Å²) in [5.41, 5.74) is -4.98. The van der Waals surface area contributed by atoms with Gasteiger partial charge in [-0.15, -0.1) is 0 Å². The van der Waals surface area contributed by atoms with Gasteiger partial charge in [0.2, 0.25) is 10.0 Å². The molecule has 1 aromatic rings. The summed E-state index contributed by atoms with van der Waals surface area (Å²) in [6.45, 7) is 4.29. The van der Waals surface area contributed by atoms with Crippen LogP contribution in [-0.4, -0.2) is 43.5 Å². The van der Waals surface area contributed by atoms with Crippen LogP contribution >= 0.6 is 11.8 Å². The molecule has 1 aromatic carbocycles. The van der Waals surface area contributed by atoms with Gasteiger partial charge in [0.25, 0.3) is 0 Å². The minimum atomic E-state index is -4.39. The maximum atomic E-state index is 12.5. The summed E-state index contributed by atoms with van der Waals surface area (Å²) in [5, 5.41) is 0. The van der Waals surface area contributed by atoms with E-state index in [9.17, 15) is 21.6 Å². The van der Waals surface area contributed by atoms with Gasteiger partial charge in [-0.3, -0.25) is 0 Å². The average Bonchev–Trinajstić information content (AvgIpc) is 2.36. The summed E-state index contributed by atoms with van der Waals surface area (Å²) in [6, 6.07) is 4.73. The first-order valence-corrected chi connectivity index (χ1v) is 8.75. The number of alkyl halides is 3. The standard InChI is InChI=1S/C13H16F3NO3S2/c1-12(2)9-17(7-8-20-12)22(18,19)11-5-3-10(4-6-11)21-13(14,15)16/h3-6H,7-9H2,1-2H3. The number of ether oxygens (including phenoxy) is 1. The number of benzene rings is 1. The van der Waals surface area contributed by atoms with Gasteiger partial charge in [0.05, 0.1) is 17.1 Å². The predicted molar refractivity (Wildman–Crippen MR) is 77.1 cm³/mol. The van der Waals surface area contributed by atoms with Crippen molar-refractivity contribution in [3.05, 3.63) is 24.3 Å². The Labute approximate surface area is 131 Å². The van der Waals surface area contributed by atoms with E-state index in [1.54, 1.807) is 13.8 Å². The van der Waals surface area contributed by atoms with Gasteiger partial charge in [0.15, 0.2) is 0 Å². The van der Waals surface area contributed by atoms with Crippen LogP contribution < -0.4 is 0 Å². The minimum Gasteiger partial charge on any atom is -0.373 e. The molecule has 0 radical (unpaired) electrons. The van der Waals surface area contributed by atoms with Crippen LogP contribution in [0.3, 0.4) is 0 Å². The third-order valence-electron chi connectivity index (χ3n) is 3.09. The monoisotopic (exact) mass is 355 g/mol. The zero-order valence-corrected chi connectivity index (χ0v) is 13.7. The molecule has 0 bridgehead atoms. The highest BCUT2D eigenvalue weighted by Crippen LogP contribution is 2.37. The highest BCUT2D eigenvalue weighted by atomic mass is 32.2. The number of nitrogens with zero attached hydrogens (tertiary/aromatic N) is 1. The van der Waals surface area contributed by atoms with E-state index in [1.165, 1.54) is 16.4 Å². The van der Waals surface area contributed by atoms with E-state index in [-0.39, 0.29) is 41.2 Å². The lowest BCUT2D eigenvalue weighted by atomic mass is 10.1. The van der Waals surface area contributed by atoms with E-state index in [0.717, 1.165) is 12.1 Å². The average molecular weight is 355 g/mol. The molecule has 4 nitrogen and oxygen atoms in total. The Morgan fingerprint density at radius 1 is 1.23 bits per heavy atom. The third kappa shape index (κ3) is 4.37. The summed E-state index contributed by atoms with van der Waals surface area (Å²) in [6.07, 6.45) is 0. The molecular formula is C13H16F3NO3S2. The molecule has 1 aliphatic heterocycles. The normalized spacial score (nSPS) is 20.0. The van der Waals surface area contributed by atoms with Crippen molar-refractivity contribution in [3.8, 4) is 0 Å². The van der Waals surface area contributed by atoms with Crippen molar-refractivity contribution in [1.82, 2.24) is 4.31 Å². The Morgan fingerprint density at radius 3 is 2.32 bits per heavy atom. The molecular weight excluding hydrogens is 339 g/mol. The highest BCUT2D eigenvalue weighted by Gasteiger charge is 2.35. The number of morpholine rings is 1. The molecule has 124 valence electrons. The Hall–Kier alpha value is -0.770. The van der Waals surface area contributed by atoms with Gasteiger partial charge >= 0.3 is 5.51 Å². The van der Waals surface area contributed by atoms with Crippen LogP contribution in [0.15, 0.2) is 34.1 Å². The fourth-order valence-corrected chi connectivity index (χ4v) is 4.25. The first-order chi connectivity index (χ1) is 10.00. The van der Waals surface area contributed by atoms with Gasteiger partial charge in [-0.25, -0.2) is 8.42 Å². The molecule has 0 aromatic heterocycles. The van der Waals surface area contributed by atoms with Crippen molar-refractivity contribution in [2.45, 2.75) is 34.7 Å². The summed E-state index contributed by atoms with van der Waals surface area (Å²) in [4.78, 5) is -0.0644. The lowest BCUT2D eigenvalue weighted by Gasteiger charge is -2.37. The Morgan fingerprint density at radius 2 is 1.82 bits per heavy atom. The third-order valence-corrected chi connectivity index (χ3v) is 5.68. The van der Waals surface area contributed by atoms with E-state index in [0.29, 0.717) is 0 Å². The van der Waals surface area contributed by atoms with Crippen LogP contribution in [0.2, 0.25) is 0 Å². The first kappa shape index (κ1) is 17.6. The molecule has 0 unspecified atom stereocenters. The molecule has 0 N–H and O–H groups in total. The number of sulfonamides is 1. The highest BCUT2D eigenvalue weighted by molar-refractivity contribution is 8.00. The summed E-state index contributed by atoms with van der Waals surface area (Å²) < 4.78 is 68.6. The van der Waals surface area contributed by atoms with Crippen LogP contribution in [0, 0.1) is 0 Å². The second-order valence-electron chi connectivity index (χ2n) is 5.47. The molecule has 1 fully saturated rings. The predicted octanol–water partition coefficient (Wildman–Crippen LogP) is 3.10. The zero-order chi connectivity index (χ0) is 16.6. The van der Waals surface area contributed by atoms with E-state index < -0.39 is 21.1 Å². The minimum absolute atomic E-state index is 0.0169. The molecule has 0 amide bonds. The van der Waals surface area contributed by atoms with Gasteiger partial charge in [0.1, 0.15) is 0 Å². The largest absolute Gasteiger partial charge is 0.446 e. The lowest BCUT2D eigenvalue weighted by molar-refractivity contribution is -0.0640. The number of hydrogen-bond donors (Lipinski definition) is 0. The van der Waals surface area contributed by atoms with Crippen LogP contribution in [0.4, 0.5) is 13.2 Å². The Balaban J connectivity index is 2.19. The van der Waals surface area contributed by atoms with Crippen LogP contribution in [-0.2, 0) is 14.8 Å². The fourth-order valence-electron chi connectivity index (χ4n) is 2.14. The number of halogens is 3. The quantitative estimate of drug-likeness (QED) is 0.782. The van der Waals surface area contributed by atoms with Crippen molar-refractivity contribution in [3.63, 3.8) is 0 Å². The maximum Gasteiger partial charge on any atom is 0.446 e. The molecule has 1 aliphatic rings. The van der Waals surface area contributed by atoms with Gasteiger partial charge in [-0.1, -0.05) is 0 Å². The second-order valence-corrected chi connectivity index (χ2v) is 8.54. The van der Waals surface area contributed by atoms with E-state index in [1.807, 2.05) is 0 Å². The van der Waals surface area contributed by atoms with Crippen LogP contribution in [0.25, 0.3) is 0 Å². The second kappa shape index (κ2) is 6.03. The molecule has 1 saturated heterocycles. The maximum absolute atomic E-state index is 12.5. The van der Waals surface area contributed by atoms with Gasteiger partial charge in [-0.2, -0.15) is 17.5 Å².